The second-order valence-corrected chi connectivity index (χ2v) is 4.67. The fourth-order valence-electron chi connectivity index (χ4n) is 2.39. The van der Waals surface area contributed by atoms with E-state index in [1.807, 2.05) is 44.2 Å². The van der Waals surface area contributed by atoms with Crippen LogP contribution in [-0.2, 0) is 14.3 Å². The summed E-state index contributed by atoms with van der Waals surface area (Å²) in [6.45, 7) is 4.13. The molecule has 1 unspecified atom stereocenters. The Kier molecular flexibility index (Phi) is 7.28. The fraction of sp³-hybridized carbons (Fsp3) is 0.412. The molecule has 1 aromatic rings. The molecule has 1 N–H and O–H groups in total. The molecular weight excluding hydrogens is 296 g/mol. The Morgan fingerprint density at radius 2 is 1.83 bits per heavy atom. The van der Waals surface area contributed by atoms with E-state index in [1.165, 1.54) is 19.1 Å². The molecule has 0 aliphatic carbocycles. The number of nitrogens with one attached hydrogen (secondary N) is 1. The number of hydrogen-bond acceptors (Lipinski definition) is 4. The lowest BCUT2D eigenvalue weighted by Crippen LogP contribution is -2.47. The first-order valence-electron chi connectivity index (χ1n) is 7.49. The third-order valence-corrected chi connectivity index (χ3v) is 3.37. The third-order valence-electron chi connectivity index (χ3n) is 3.37. The van der Waals surface area contributed by atoms with E-state index in [2.05, 4.69) is 5.32 Å². The summed E-state index contributed by atoms with van der Waals surface area (Å²) in [6, 6.07) is 8.55. The second-order valence-electron chi connectivity index (χ2n) is 4.67. The van der Waals surface area contributed by atoms with Crippen molar-refractivity contribution >= 4 is 12.0 Å². The molecule has 0 saturated carbocycles. The van der Waals surface area contributed by atoms with Gasteiger partial charge in [-0.15, -0.1) is 0 Å². The van der Waals surface area contributed by atoms with Gasteiger partial charge >= 0.3 is 12.0 Å². The number of esters is 1. The first-order valence-corrected chi connectivity index (χ1v) is 7.49. The van der Waals surface area contributed by atoms with E-state index in [9.17, 15) is 9.59 Å². The molecule has 2 amide bonds. The topological polar surface area (TPSA) is 67.9 Å². The zero-order chi connectivity index (χ0) is 17.4. The van der Waals surface area contributed by atoms with E-state index in [0.717, 1.165) is 5.56 Å². The van der Waals surface area contributed by atoms with Crippen molar-refractivity contribution in [2.24, 2.45) is 0 Å². The van der Waals surface area contributed by atoms with Gasteiger partial charge in [-0.05, 0) is 5.56 Å². The molecule has 0 spiro atoms. The van der Waals surface area contributed by atoms with Crippen LogP contribution in [0.1, 0.15) is 25.5 Å². The number of urea groups is 1. The largest absolute Gasteiger partial charge is 0.466 e. The number of ether oxygens (including phenoxy) is 2. The maximum Gasteiger partial charge on any atom is 0.338 e. The monoisotopic (exact) mass is 320 g/mol. The van der Waals surface area contributed by atoms with Crippen molar-refractivity contribution in [1.29, 1.82) is 0 Å². The Hall–Kier alpha value is -2.34. The SMILES string of the molecule is CC.COCC1=C(C(=O)OC)C(c2ccccc2)N(C)C(=O)N1. The van der Waals surface area contributed by atoms with E-state index in [1.54, 1.807) is 7.05 Å². The van der Waals surface area contributed by atoms with Gasteiger partial charge in [0.05, 0.1) is 31.0 Å². The number of nitrogens with zero attached hydrogens (tertiary/aromatic N) is 1. The molecule has 0 aromatic heterocycles. The van der Waals surface area contributed by atoms with Gasteiger partial charge in [0.2, 0.25) is 0 Å². The van der Waals surface area contributed by atoms with E-state index in [4.69, 9.17) is 9.47 Å². The number of methoxy groups -OCH3 is 2. The van der Waals surface area contributed by atoms with Crippen LogP contribution in [0.4, 0.5) is 4.79 Å². The molecular formula is C17H24N2O4. The minimum Gasteiger partial charge on any atom is -0.466 e. The zero-order valence-electron chi connectivity index (χ0n) is 14.3. The molecule has 1 aromatic carbocycles. The Morgan fingerprint density at radius 3 is 2.35 bits per heavy atom. The molecule has 0 radical (unpaired) electrons. The summed E-state index contributed by atoms with van der Waals surface area (Å²) in [7, 11) is 4.46. The average molecular weight is 320 g/mol. The van der Waals surface area contributed by atoms with Gasteiger partial charge in [-0.1, -0.05) is 44.2 Å². The van der Waals surface area contributed by atoms with Gasteiger partial charge in [-0.2, -0.15) is 0 Å². The lowest BCUT2D eigenvalue weighted by Gasteiger charge is -2.35. The van der Waals surface area contributed by atoms with Crippen LogP contribution in [0.25, 0.3) is 0 Å². The molecule has 0 fully saturated rings. The summed E-state index contributed by atoms with van der Waals surface area (Å²) in [6.07, 6.45) is 0. The highest BCUT2D eigenvalue weighted by atomic mass is 16.5. The van der Waals surface area contributed by atoms with Crippen molar-refractivity contribution in [3.8, 4) is 0 Å². The number of carbonyl (C=O) groups excluding carboxylic acids is 2. The lowest BCUT2D eigenvalue weighted by molar-refractivity contribution is -0.137. The normalized spacial score (nSPS) is 17.2. The number of amides is 2. The number of carbonyl (C=O) groups is 2. The van der Waals surface area contributed by atoms with Crippen LogP contribution < -0.4 is 5.32 Å². The van der Waals surface area contributed by atoms with Gasteiger partial charge < -0.3 is 19.7 Å². The van der Waals surface area contributed by atoms with Gasteiger partial charge in [0.15, 0.2) is 0 Å². The molecule has 0 saturated heterocycles. The van der Waals surface area contributed by atoms with Crippen LogP contribution in [-0.4, -0.2) is 44.8 Å². The highest BCUT2D eigenvalue weighted by molar-refractivity contribution is 5.95. The van der Waals surface area contributed by atoms with Gasteiger partial charge in [0.25, 0.3) is 0 Å². The van der Waals surface area contributed by atoms with Crippen LogP contribution in [0.5, 0.6) is 0 Å². The van der Waals surface area contributed by atoms with Crippen LogP contribution in [0.2, 0.25) is 0 Å². The van der Waals surface area contributed by atoms with Gasteiger partial charge in [0.1, 0.15) is 0 Å². The molecule has 1 heterocycles. The van der Waals surface area contributed by atoms with Crippen molar-refractivity contribution in [1.82, 2.24) is 10.2 Å². The predicted molar refractivity (Wildman–Crippen MR) is 87.7 cm³/mol. The molecule has 6 nitrogen and oxygen atoms in total. The van der Waals surface area contributed by atoms with Gasteiger partial charge in [0, 0.05) is 14.2 Å². The van der Waals surface area contributed by atoms with E-state index in [0.29, 0.717) is 11.3 Å². The Balaban J connectivity index is 0.00000127. The van der Waals surface area contributed by atoms with Crippen LogP contribution >= 0.6 is 0 Å². The zero-order valence-corrected chi connectivity index (χ0v) is 14.3. The third kappa shape index (κ3) is 4.10. The number of rotatable bonds is 4. The number of hydrogen-bond donors (Lipinski definition) is 1. The van der Waals surface area contributed by atoms with Crippen LogP contribution in [0.15, 0.2) is 41.6 Å². The predicted octanol–water partition coefficient (Wildman–Crippen LogP) is 2.48. The molecule has 2 rings (SSSR count). The quantitative estimate of drug-likeness (QED) is 0.866. The molecule has 23 heavy (non-hydrogen) atoms. The molecule has 126 valence electrons. The van der Waals surface area contributed by atoms with Crippen molar-refractivity contribution in [3.05, 3.63) is 47.2 Å². The van der Waals surface area contributed by atoms with Crippen molar-refractivity contribution in [2.45, 2.75) is 19.9 Å². The maximum atomic E-state index is 12.2. The first-order chi connectivity index (χ1) is 11.1. The summed E-state index contributed by atoms with van der Waals surface area (Å²) >= 11 is 0. The second kappa shape index (κ2) is 8.95. The Labute approximate surface area is 137 Å². The highest BCUT2D eigenvalue weighted by Gasteiger charge is 2.37. The number of likely N-dealkylation sites (N-methyl/N-ethyl adjacent to an activating group) is 1. The first kappa shape index (κ1) is 18.7. The van der Waals surface area contributed by atoms with E-state index >= 15 is 0 Å². The molecule has 6 heteroatoms. The Bertz CT molecular complexity index is 569. The van der Waals surface area contributed by atoms with E-state index < -0.39 is 12.0 Å². The molecule has 1 aliphatic rings. The van der Waals surface area contributed by atoms with Crippen LogP contribution in [0, 0.1) is 0 Å². The highest BCUT2D eigenvalue weighted by Crippen LogP contribution is 2.33. The smallest absolute Gasteiger partial charge is 0.338 e. The molecule has 0 bridgehead atoms. The molecule has 1 atom stereocenters. The standard InChI is InChI=1S/C15H18N2O4.C2H6/c1-17-13(10-7-5-4-6-8-10)12(14(18)21-3)11(9-20-2)16-15(17)19;1-2/h4-8,13H,9H2,1-3H3,(H,16,19);1-2H3. The fourth-order valence-corrected chi connectivity index (χ4v) is 2.39. The summed E-state index contributed by atoms with van der Waals surface area (Å²) in [4.78, 5) is 25.7. The molecule has 1 aliphatic heterocycles. The van der Waals surface area contributed by atoms with Gasteiger partial charge in [-0.3, -0.25) is 0 Å². The van der Waals surface area contributed by atoms with Crippen LogP contribution in [0.3, 0.4) is 0 Å². The lowest BCUT2D eigenvalue weighted by atomic mass is 9.94. The minimum atomic E-state index is -0.502. The summed E-state index contributed by atoms with van der Waals surface area (Å²) in [5, 5.41) is 2.67. The van der Waals surface area contributed by atoms with E-state index in [-0.39, 0.29) is 12.6 Å². The van der Waals surface area contributed by atoms with Crippen molar-refractivity contribution in [2.75, 3.05) is 27.9 Å². The summed E-state index contributed by atoms with van der Waals surface area (Å²) in [5.41, 5.74) is 1.65. The Morgan fingerprint density at radius 1 is 1.22 bits per heavy atom. The van der Waals surface area contributed by atoms with Crippen molar-refractivity contribution in [3.63, 3.8) is 0 Å². The maximum absolute atomic E-state index is 12.2. The van der Waals surface area contributed by atoms with Crippen molar-refractivity contribution < 1.29 is 19.1 Å². The summed E-state index contributed by atoms with van der Waals surface area (Å²) in [5.74, 6) is -0.484. The summed E-state index contributed by atoms with van der Waals surface area (Å²) < 4.78 is 9.95. The number of benzene rings is 1. The average Bonchev–Trinajstić information content (AvgIpc) is 2.59. The minimum absolute atomic E-state index is 0.132. The van der Waals surface area contributed by atoms with Gasteiger partial charge in [-0.25, -0.2) is 9.59 Å².